The number of halogens is 9. The van der Waals surface area contributed by atoms with Crippen LogP contribution in [0.1, 0.15) is 58.4 Å². The molecule has 12 heterocycles. The number of allylic oxidation sites excluding steroid dienone is 1. The predicted molar refractivity (Wildman–Crippen MR) is 523 cm³/mol. The van der Waals surface area contributed by atoms with E-state index in [2.05, 4.69) is 91.1 Å². The molecule has 42 nitrogen and oxygen atoms in total. The SMILES string of the molecule is CCN(C(=O)/C=C/CC(F)(F)F)c1cn(-c2cccnc2)nc1Cl.CCN(C(=O)CCC#N)c1cn(-c2cccnc2)nc1Cl.CCN(C(=O)NCc1ccccc1)c1cn(-c2cccnc2)nc1Cl.CN(C(=O)CCN=CN=CN)c1cn(-c2cccnc2)nc1Cl.CN(C(=O)CCN=CN=NN)c1cn(-c2cccnc2)nc1Cl.CN(C(=O)CN(N)/C=C\N)c1cn(-c2cccnc2)nc1Cl. The lowest BCUT2D eigenvalue weighted by molar-refractivity contribution is -0.125. The first kappa shape index (κ1) is 108. The molecule has 12 aromatic heterocycles. The molecule has 7 amide bonds. The summed E-state index contributed by atoms with van der Waals surface area (Å²) in [5.74, 6) is 9.13. The summed E-state index contributed by atoms with van der Waals surface area (Å²) in [5, 5.41) is 45.4. The van der Waals surface area contributed by atoms with Crippen LogP contribution in [0.15, 0.2) is 265 Å². The van der Waals surface area contributed by atoms with Crippen LogP contribution in [-0.4, -0.2) is 215 Å². The number of alkyl halides is 3. The highest BCUT2D eigenvalue weighted by atomic mass is 35.5. The zero-order chi connectivity index (χ0) is 100. The van der Waals surface area contributed by atoms with E-state index in [1.165, 1.54) is 65.5 Å². The summed E-state index contributed by atoms with van der Waals surface area (Å²) in [7, 11) is 4.86. The maximum atomic E-state index is 12.6. The number of rotatable bonds is 32. The first-order chi connectivity index (χ1) is 66.5. The minimum atomic E-state index is -4.35. The predicted octanol–water partition coefficient (Wildman–Crippen LogP) is 13.4. The second-order valence-corrected chi connectivity index (χ2v) is 29.8. The molecule has 9 N–H and O–H groups in total. The average Bonchev–Trinajstić information content (AvgIpc) is 1.71. The van der Waals surface area contributed by atoms with E-state index in [0.29, 0.717) is 66.0 Å². The lowest BCUT2D eigenvalue weighted by Crippen LogP contribution is -2.39. The number of aliphatic imine (C=N–C) groups is 3. The molecule has 0 unspecified atom stereocenters. The molecule has 138 heavy (non-hydrogen) atoms. The number of hydrogen-bond acceptors (Lipinski definition) is 25. The number of benzene rings is 1. The van der Waals surface area contributed by atoms with Gasteiger partial charge in [-0.3, -0.25) is 68.8 Å². The number of likely N-dealkylation sites (N-methyl/N-ethyl adjacent to an activating group) is 2. The Morgan fingerprint density at radius 2 is 0.819 bits per heavy atom. The third-order valence-electron chi connectivity index (χ3n) is 18.5. The molecule has 720 valence electrons. The lowest BCUT2D eigenvalue weighted by Gasteiger charge is -2.20. The molecule has 0 spiro atoms. The first-order valence-corrected chi connectivity index (χ1v) is 43.5. The van der Waals surface area contributed by atoms with Crippen molar-refractivity contribution in [1.29, 1.82) is 5.26 Å². The Balaban J connectivity index is 0.000000203. The number of urea groups is 1. The number of carbonyl (C=O) groups excluding carboxylic acids is 6. The minimum absolute atomic E-state index is 0.0431. The first-order valence-electron chi connectivity index (χ1n) is 41.2. The summed E-state index contributed by atoms with van der Waals surface area (Å²) < 4.78 is 45.8. The Morgan fingerprint density at radius 1 is 0.471 bits per heavy atom. The average molecular weight is 2010 g/mol. The summed E-state index contributed by atoms with van der Waals surface area (Å²) in [4.78, 5) is 117. The number of nitrogens with zero attached hydrogens (tertiary/aromatic N) is 31. The smallest absolute Gasteiger partial charge is 0.392 e. The summed E-state index contributed by atoms with van der Waals surface area (Å²) in [5.41, 5.74) is 18.6. The molecule has 0 aliphatic carbocycles. The van der Waals surface area contributed by atoms with Gasteiger partial charge in [0, 0.05) is 136 Å². The molecular weight excluding hydrogens is 1910 g/mol. The van der Waals surface area contributed by atoms with E-state index in [9.17, 15) is 41.9 Å². The monoisotopic (exact) mass is 2000 g/mol. The van der Waals surface area contributed by atoms with E-state index >= 15 is 0 Å². The van der Waals surface area contributed by atoms with Crippen LogP contribution in [0.3, 0.4) is 0 Å². The van der Waals surface area contributed by atoms with Gasteiger partial charge in [0.2, 0.25) is 23.6 Å². The van der Waals surface area contributed by atoms with Crippen molar-refractivity contribution in [1.82, 2.24) is 98.9 Å². The van der Waals surface area contributed by atoms with Gasteiger partial charge in [-0.15, -0.1) is 5.11 Å². The number of nitriles is 1. The summed E-state index contributed by atoms with van der Waals surface area (Å²) in [6.45, 7) is 7.58. The van der Waals surface area contributed by atoms with Crippen molar-refractivity contribution in [3.63, 3.8) is 0 Å². The number of amides is 7. The van der Waals surface area contributed by atoms with Crippen molar-refractivity contribution in [2.24, 2.45) is 48.5 Å². The third kappa shape index (κ3) is 33.1. The highest BCUT2D eigenvalue weighted by Crippen LogP contribution is 2.33. The van der Waals surface area contributed by atoms with Crippen molar-refractivity contribution >= 4 is 158 Å². The van der Waals surface area contributed by atoms with E-state index in [0.717, 1.165) is 52.5 Å². The van der Waals surface area contributed by atoms with Gasteiger partial charge in [-0.1, -0.05) is 111 Å². The number of nitrogens with one attached hydrogen (secondary N) is 1. The molecule has 0 saturated heterocycles. The largest absolute Gasteiger partial charge is 0.403 e. The fourth-order valence-electron chi connectivity index (χ4n) is 11.7. The molecule has 0 atom stereocenters. The lowest BCUT2D eigenvalue weighted by atomic mass is 10.2. The third-order valence-corrected chi connectivity index (χ3v) is 20.1. The van der Waals surface area contributed by atoms with Gasteiger partial charge >= 0.3 is 12.2 Å². The van der Waals surface area contributed by atoms with E-state index in [1.807, 2.05) is 86.6 Å². The van der Waals surface area contributed by atoms with Gasteiger partial charge < -0.3 is 52.1 Å². The fourth-order valence-corrected chi connectivity index (χ4v) is 13.1. The Labute approximate surface area is 819 Å². The van der Waals surface area contributed by atoms with E-state index in [1.54, 1.807) is 198 Å². The maximum absolute atomic E-state index is 12.6. The normalized spacial score (nSPS) is 11.0. The summed E-state index contributed by atoms with van der Waals surface area (Å²) >= 11 is 36.8. The van der Waals surface area contributed by atoms with Crippen molar-refractivity contribution in [3.05, 3.63) is 276 Å². The van der Waals surface area contributed by atoms with Gasteiger partial charge in [-0.25, -0.2) is 43.7 Å². The number of hydrogen-bond donors (Lipinski definition) is 5. The fraction of sp³-hybridized carbons (Fsp3) is 0.218. The van der Waals surface area contributed by atoms with Gasteiger partial charge in [0.1, 0.15) is 53.3 Å². The molecule has 13 aromatic rings. The number of carbonyl (C=O) groups is 6. The highest BCUT2D eigenvalue weighted by Gasteiger charge is 2.28. The Hall–Kier alpha value is -15.7. The van der Waals surface area contributed by atoms with Gasteiger partial charge in [0.25, 0.3) is 5.91 Å². The number of aromatic nitrogens is 18. The van der Waals surface area contributed by atoms with Crippen molar-refractivity contribution in [3.8, 4) is 40.2 Å². The van der Waals surface area contributed by atoms with Crippen LogP contribution < -0.4 is 57.9 Å². The summed E-state index contributed by atoms with van der Waals surface area (Å²) in [6, 6.07) is 33.1. The minimum Gasteiger partial charge on any atom is -0.403 e. The Bertz CT molecular complexity index is 6150. The van der Waals surface area contributed by atoms with E-state index < -0.39 is 18.5 Å². The number of hydrazine groups is 1. The molecule has 0 aliphatic rings. The van der Waals surface area contributed by atoms with Gasteiger partial charge in [-0.05, 0) is 105 Å². The van der Waals surface area contributed by atoms with Crippen LogP contribution in [0.25, 0.3) is 34.1 Å². The molecule has 51 heteroatoms. The van der Waals surface area contributed by atoms with Crippen LogP contribution in [0, 0.1) is 11.3 Å². The van der Waals surface area contributed by atoms with Crippen LogP contribution >= 0.6 is 69.6 Å². The van der Waals surface area contributed by atoms with Crippen molar-refractivity contribution < 1.29 is 41.9 Å². The Morgan fingerprint density at radius 3 is 1.15 bits per heavy atom. The number of nitrogens with two attached hydrogens (primary N) is 4. The van der Waals surface area contributed by atoms with Gasteiger partial charge in [-0.2, -0.15) is 49.0 Å². The van der Waals surface area contributed by atoms with Crippen LogP contribution in [0.5, 0.6) is 0 Å². The van der Waals surface area contributed by atoms with Crippen molar-refractivity contribution in [2.75, 3.05) is 89.8 Å². The molecular formula is C87H93Cl6F3N36O6. The quantitative estimate of drug-likeness (QED) is 0.00653. The van der Waals surface area contributed by atoms with E-state index in [4.69, 9.17) is 98.0 Å². The van der Waals surface area contributed by atoms with Gasteiger partial charge in [0.05, 0.1) is 127 Å². The molecule has 0 bridgehead atoms. The Kier molecular flexibility index (Phi) is 43.5. The molecule has 0 aliphatic heterocycles. The second kappa shape index (κ2) is 55.8. The zero-order valence-electron chi connectivity index (χ0n) is 74.8. The van der Waals surface area contributed by atoms with Crippen LogP contribution in [0.2, 0.25) is 30.9 Å². The summed E-state index contributed by atoms with van der Waals surface area (Å²) in [6.07, 6.45) is 32.9. The second-order valence-electron chi connectivity index (χ2n) is 27.7. The number of pyridine rings is 6. The molecule has 0 fully saturated rings. The van der Waals surface area contributed by atoms with Crippen molar-refractivity contribution in [2.45, 2.75) is 65.6 Å². The molecule has 0 radical (unpaired) electrons. The highest BCUT2D eigenvalue weighted by molar-refractivity contribution is 6.35. The molecule has 1 aromatic carbocycles. The van der Waals surface area contributed by atoms with E-state index in [-0.39, 0.29) is 106 Å². The maximum Gasteiger partial charge on any atom is 0.392 e. The van der Waals surface area contributed by atoms with Crippen LogP contribution in [-0.2, 0) is 30.5 Å². The zero-order valence-corrected chi connectivity index (χ0v) is 79.3. The number of anilines is 6. The molecule has 13 rings (SSSR count). The molecule has 0 saturated carbocycles. The standard InChI is InChI=1S/C18H18ClN5O.C15H14ClF3N4O.C14H16ClN7O.C14H14ClN5O.C13H15ClN8O.C13H16ClN7O/c1-2-23(18(25)21-11-14-7-4-3-5-8-14)16-13-24(22-17(16)19)15-9-6-10-20-12-15;1-2-22(13(24)6-3-7-15(17,18)19)12-10-23(21-14(12)16)11-5-4-8-20-9-11;1-21(13(23)4-6-18-10-19-9-16)12-8-22(20-14(12)15)11-3-2-5-17-7-11;1-2-19(13(21)6-3-7-16)12-10-20(18-14(12)15)11-5-4-8-17-9-11;1-21(12(23)4-6-17-9-18-20-15)11-8-22(19-13(11)14)10-3-2-5-16-7-10;1-19(12(22)9-20(16)6-4-15)11-8-21(18-13(11)14)10-3-2-5-17-7-10/h3-10,12-13H,2,11H2,1H3,(H,21,25);3-6,8-10H,2,7H2,1H3;2-3,5,7-10H,4,6H2,1H3,(H2,16,18,19);4-5,8-10H,2-3,6H2,1H3;2-3,5,7-9H,4,6H2,1H3,(H2,15,17,18);2-8H,9,15-16H2,1H3/b;6-3+;;;;6-4-. The van der Waals surface area contributed by atoms with Crippen LogP contribution in [0.4, 0.5) is 52.1 Å². The van der Waals surface area contributed by atoms with Gasteiger partial charge in [0.15, 0.2) is 30.9 Å². The topological polar surface area (TPSA) is 511 Å².